The van der Waals surface area contributed by atoms with Crippen molar-refractivity contribution in [3.63, 3.8) is 0 Å². The lowest BCUT2D eigenvalue weighted by Gasteiger charge is -2.34. The SMILES string of the molecule is CC1=C(C)C[C@H](C(=O)NNC(=O)c2csc3c2CC[C@@H](C(C)(C)C)C3)[C@@H](C(=O)O)C1. The molecule has 2 aliphatic rings. The quantitative estimate of drug-likeness (QED) is 0.495. The predicted molar refractivity (Wildman–Crippen MR) is 117 cm³/mol. The van der Waals surface area contributed by atoms with Gasteiger partial charge in [-0.15, -0.1) is 11.3 Å². The maximum absolute atomic E-state index is 12.7. The van der Waals surface area contributed by atoms with Gasteiger partial charge in [0, 0.05) is 10.3 Å². The molecule has 1 aromatic rings. The van der Waals surface area contributed by atoms with Gasteiger partial charge in [0.25, 0.3) is 5.91 Å². The fourth-order valence-corrected chi connectivity index (χ4v) is 5.71. The first kappa shape index (κ1) is 22.5. The molecule has 1 aromatic heterocycles. The Bertz CT molecular complexity index is 894. The molecule has 0 spiro atoms. The summed E-state index contributed by atoms with van der Waals surface area (Å²) in [4.78, 5) is 38.3. The minimum atomic E-state index is -0.978. The van der Waals surface area contributed by atoms with Crippen molar-refractivity contribution in [2.24, 2.45) is 23.2 Å². The highest BCUT2D eigenvalue weighted by atomic mass is 32.1. The van der Waals surface area contributed by atoms with E-state index in [-0.39, 0.29) is 11.3 Å². The molecule has 6 nitrogen and oxygen atoms in total. The Hall–Kier alpha value is -2.15. The van der Waals surface area contributed by atoms with Gasteiger partial charge in [-0.25, -0.2) is 0 Å². The molecular formula is C23H32N2O4S. The summed E-state index contributed by atoms with van der Waals surface area (Å²) in [6.45, 7) is 10.6. The van der Waals surface area contributed by atoms with Gasteiger partial charge in [-0.3, -0.25) is 25.2 Å². The van der Waals surface area contributed by atoms with Gasteiger partial charge in [0.05, 0.1) is 17.4 Å². The first-order chi connectivity index (χ1) is 14.0. The second-order valence-electron chi connectivity index (χ2n) is 9.82. The molecule has 1 heterocycles. The topological polar surface area (TPSA) is 95.5 Å². The number of rotatable bonds is 3. The standard InChI is InChI=1S/C23H32N2O4S/c1-12-8-16(17(22(28)29)9-13(12)2)20(26)24-25-21(27)18-11-30-19-10-14(23(3,4)5)6-7-15(18)19/h11,14,16-17H,6-10H2,1-5H3,(H,24,26)(H,25,27)(H,28,29)/t14-,16+,17+/m1/s1. The van der Waals surface area contributed by atoms with E-state index >= 15 is 0 Å². The number of amides is 2. The Morgan fingerprint density at radius 3 is 2.27 bits per heavy atom. The summed E-state index contributed by atoms with van der Waals surface area (Å²) >= 11 is 1.61. The molecule has 2 amide bonds. The number of nitrogens with one attached hydrogen (secondary N) is 2. The van der Waals surface area contributed by atoms with Gasteiger partial charge in [-0.05, 0) is 62.8 Å². The normalized spacial score (nSPS) is 24.2. The number of hydrogen-bond acceptors (Lipinski definition) is 4. The minimum Gasteiger partial charge on any atom is -0.481 e. The Kier molecular flexibility index (Phi) is 6.41. The van der Waals surface area contributed by atoms with Gasteiger partial charge >= 0.3 is 5.97 Å². The zero-order valence-electron chi connectivity index (χ0n) is 18.4. The highest BCUT2D eigenvalue weighted by Crippen LogP contribution is 2.40. The van der Waals surface area contributed by atoms with E-state index in [1.807, 2.05) is 19.2 Å². The molecule has 3 atom stereocenters. The molecule has 0 aromatic carbocycles. The van der Waals surface area contributed by atoms with E-state index in [2.05, 4.69) is 31.6 Å². The third-order valence-electron chi connectivity index (χ3n) is 6.84. The van der Waals surface area contributed by atoms with E-state index in [1.165, 1.54) is 4.88 Å². The summed E-state index contributed by atoms with van der Waals surface area (Å²) in [5, 5.41) is 11.4. The van der Waals surface area contributed by atoms with E-state index in [0.29, 0.717) is 24.3 Å². The van der Waals surface area contributed by atoms with Crippen LogP contribution in [0.3, 0.4) is 0 Å². The van der Waals surface area contributed by atoms with E-state index in [0.717, 1.165) is 36.0 Å². The van der Waals surface area contributed by atoms with E-state index < -0.39 is 23.7 Å². The molecule has 3 N–H and O–H groups in total. The van der Waals surface area contributed by atoms with E-state index in [4.69, 9.17) is 0 Å². The molecule has 3 rings (SSSR count). The largest absolute Gasteiger partial charge is 0.481 e. The summed E-state index contributed by atoms with van der Waals surface area (Å²) in [6.07, 6.45) is 3.65. The Morgan fingerprint density at radius 2 is 1.67 bits per heavy atom. The Balaban J connectivity index is 1.65. The average molecular weight is 433 g/mol. The molecule has 2 aliphatic carbocycles. The number of aliphatic carboxylic acids is 1. The van der Waals surface area contributed by atoms with E-state index in [9.17, 15) is 19.5 Å². The van der Waals surface area contributed by atoms with E-state index in [1.54, 1.807) is 11.3 Å². The Labute approximate surface area is 182 Å². The van der Waals surface area contributed by atoms with Crippen LogP contribution >= 0.6 is 11.3 Å². The molecule has 0 radical (unpaired) electrons. The van der Waals surface area contributed by atoms with Crippen LogP contribution in [0.5, 0.6) is 0 Å². The van der Waals surface area contributed by atoms with Gasteiger partial charge in [0.15, 0.2) is 0 Å². The number of carboxylic acid groups (broad SMARTS) is 1. The summed E-state index contributed by atoms with van der Waals surface area (Å²) in [5.41, 5.74) is 9.01. The number of hydrogen-bond donors (Lipinski definition) is 3. The van der Waals surface area contributed by atoms with Crippen LogP contribution in [-0.2, 0) is 22.4 Å². The van der Waals surface area contributed by atoms with Gasteiger partial charge in [-0.2, -0.15) is 0 Å². The van der Waals surface area contributed by atoms with Crippen molar-refractivity contribution in [3.8, 4) is 0 Å². The number of fused-ring (bicyclic) bond motifs is 1. The zero-order chi connectivity index (χ0) is 22.2. The molecule has 0 bridgehead atoms. The summed E-state index contributed by atoms with van der Waals surface area (Å²) < 4.78 is 0. The molecule has 0 saturated carbocycles. The van der Waals surface area contributed by atoms with Crippen LogP contribution in [0.2, 0.25) is 0 Å². The third kappa shape index (κ3) is 4.61. The van der Waals surface area contributed by atoms with Crippen LogP contribution in [0.1, 0.15) is 74.7 Å². The summed E-state index contributed by atoms with van der Waals surface area (Å²) in [6, 6.07) is 0. The van der Waals surface area contributed by atoms with Crippen LogP contribution in [-0.4, -0.2) is 22.9 Å². The first-order valence-corrected chi connectivity index (χ1v) is 11.4. The number of allylic oxidation sites excluding steroid dienone is 2. The molecule has 30 heavy (non-hydrogen) atoms. The summed E-state index contributed by atoms with van der Waals surface area (Å²) in [5.74, 6) is -2.61. The summed E-state index contributed by atoms with van der Waals surface area (Å²) in [7, 11) is 0. The molecule has 0 fully saturated rings. The van der Waals surface area contributed by atoms with Crippen molar-refractivity contribution in [1.29, 1.82) is 0 Å². The van der Waals surface area contributed by atoms with Crippen molar-refractivity contribution < 1.29 is 19.5 Å². The molecule has 0 aliphatic heterocycles. The first-order valence-electron chi connectivity index (χ1n) is 10.6. The van der Waals surface area contributed by atoms with Gasteiger partial charge < -0.3 is 5.11 Å². The second-order valence-corrected chi connectivity index (χ2v) is 10.8. The molecule has 164 valence electrons. The lowest BCUT2D eigenvalue weighted by atomic mass is 9.72. The monoisotopic (exact) mass is 432 g/mol. The average Bonchev–Trinajstić information content (AvgIpc) is 3.10. The van der Waals surface area contributed by atoms with Crippen LogP contribution in [0.25, 0.3) is 0 Å². The van der Waals surface area contributed by atoms with Crippen LogP contribution in [0.15, 0.2) is 16.5 Å². The van der Waals surface area contributed by atoms with Crippen molar-refractivity contribution in [2.75, 3.05) is 0 Å². The van der Waals surface area contributed by atoms with Crippen molar-refractivity contribution >= 4 is 29.1 Å². The lowest BCUT2D eigenvalue weighted by Crippen LogP contribution is -2.48. The molecule has 0 saturated heterocycles. The van der Waals surface area contributed by atoms with Crippen molar-refractivity contribution in [3.05, 3.63) is 32.5 Å². The van der Waals surface area contributed by atoms with Crippen LogP contribution in [0.4, 0.5) is 0 Å². The highest BCUT2D eigenvalue weighted by molar-refractivity contribution is 7.10. The lowest BCUT2D eigenvalue weighted by molar-refractivity contribution is -0.147. The van der Waals surface area contributed by atoms with Crippen molar-refractivity contribution in [1.82, 2.24) is 10.9 Å². The zero-order valence-corrected chi connectivity index (χ0v) is 19.2. The molecule has 0 unspecified atom stereocenters. The fraction of sp³-hybridized carbons (Fsp3) is 0.609. The minimum absolute atomic E-state index is 0.240. The highest BCUT2D eigenvalue weighted by Gasteiger charge is 2.37. The number of carbonyl (C=O) groups is 3. The van der Waals surface area contributed by atoms with Crippen LogP contribution < -0.4 is 10.9 Å². The van der Waals surface area contributed by atoms with Gasteiger partial charge in [0.2, 0.25) is 5.91 Å². The molecule has 7 heteroatoms. The predicted octanol–water partition coefficient (Wildman–Crippen LogP) is 4.11. The third-order valence-corrected chi connectivity index (χ3v) is 7.90. The number of hydrazine groups is 1. The number of carbonyl (C=O) groups excluding carboxylic acids is 2. The second kappa shape index (κ2) is 8.53. The Morgan fingerprint density at radius 1 is 1.03 bits per heavy atom. The number of thiophene rings is 1. The van der Waals surface area contributed by atoms with Gasteiger partial charge in [-0.1, -0.05) is 31.9 Å². The molecular weight excluding hydrogens is 400 g/mol. The smallest absolute Gasteiger partial charge is 0.307 e. The maximum Gasteiger partial charge on any atom is 0.307 e. The van der Waals surface area contributed by atoms with Gasteiger partial charge in [0.1, 0.15) is 0 Å². The maximum atomic E-state index is 12.7. The van der Waals surface area contributed by atoms with Crippen LogP contribution in [0, 0.1) is 23.2 Å². The van der Waals surface area contributed by atoms with Crippen molar-refractivity contribution in [2.45, 2.75) is 66.7 Å². The fourth-order valence-electron chi connectivity index (χ4n) is 4.55. The number of carboxylic acids is 1.